The molecule has 0 aliphatic heterocycles. The fourth-order valence-corrected chi connectivity index (χ4v) is 1.25. The zero-order valence-corrected chi connectivity index (χ0v) is 8.89. The first-order valence-electron chi connectivity index (χ1n) is 3.19. The Morgan fingerprint density at radius 2 is 2.00 bits per heavy atom. The van der Waals surface area contributed by atoms with Crippen LogP contribution in [0.2, 0.25) is 0 Å². The molecule has 0 atom stereocenters. The number of halogens is 3. The molecule has 0 fully saturated rings. The lowest BCUT2D eigenvalue weighted by Crippen LogP contribution is -2.21. The standard InChI is InChI=1S/C5H4BrF2N3O2S/c6-3-1-10-4(2-9-3)11-14(12,13)5(7)8/h1-2,5H,(H,10,11). The summed E-state index contributed by atoms with van der Waals surface area (Å²) in [6, 6.07) is 0. The predicted molar refractivity (Wildman–Crippen MR) is 48.3 cm³/mol. The lowest BCUT2D eigenvalue weighted by atomic mass is 10.7. The Bertz CT molecular complexity index is 407. The third-order valence-electron chi connectivity index (χ3n) is 1.10. The second-order valence-corrected chi connectivity index (χ2v) is 4.60. The number of nitrogens with zero attached hydrogens (tertiary/aromatic N) is 2. The molecule has 1 N–H and O–H groups in total. The highest BCUT2D eigenvalue weighted by molar-refractivity contribution is 9.10. The van der Waals surface area contributed by atoms with Crippen LogP contribution in [0.4, 0.5) is 14.6 Å². The first-order valence-corrected chi connectivity index (χ1v) is 5.53. The van der Waals surface area contributed by atoms with E-state index >= 15 is 0 Å². The summed E-state index contributed by atoms with van der Waals surface area (Å²) in [5.41, 5.74) is 0. The number of hydrogen-bond acceptors (Lipinski definition) is 4. The minimum Gasteiger partial charge on any atom is -0.261 e. The van der Waals surface area contributed by atoms with Crippen molar-refractivity contribution in [3.8, 4) is 0 Å². The van der Waals surface area contributed by atoms with Crippen molar-refractivity contribution in [1.82, 2.24) is 9.97 Å². The molecule has 0 saturated heterocycles. The van der Waals surface area contributed by atoms with E-state index in [4.69, 9.17) is 0 Å². The van der Waals surface area contributed by atoms with Gasteiger partial charge in [-0.2, -0.15) is 8.78 Å². The van der Waals surface area contributed by atoms with Crippen molar-refractivity contribution in [2.75, 3.05) is 4.72 Å². The Labute approximate surface area is 86.7 Å². The fraction of sp³-hybridized carbons (Fsp3) is 0.200. The number of sulfonamides is 1. The largest absolute Gasteiger partial charge is 0.355 e. The summed E-state index contributed by atoms with van der Waals surface area (Å²) in [5, 5.41) is 0. The predicted octanol–water partition coefficient (Wildman–Crippen LogP) is 1.20. The second kappa shape index (κ2) is 4.13. The molecule has 1 aromatic rings. The third-order valence-corrected chi connectivity index (χ3v) is 2.47. The van der Waals surface area contributed by atoms with Crippen LogP contribution in [0, 0.1) is 0 Å². The van der Waals surface area contributed by atoms with Crippen molar-refractivity contribution in [2.24, 2.45) is 0 Å². The maximum Gasteiger partial charge on any atom is 0.355 e. The van der Waals surface area contributed by atoms with E-state index < -0.39 is 15.8 Å². The average molecular weight is 288 g/mol. The molecule has 0 aliphatic rings. The van der Waals surface area contributed by atoms with Crippen LogP contribution in [0.5, 0.6) is 0 Å². The summed E-state index contributed by atoms with van der Waals surface area (Å²) >= 11 is 2.96. The Morgan fingerprint density at radius 1 is 1.36 bits per heavy atom. The van der Waals surface area contributed by atoms with Crippen molar-refractivity contribution >= 4 is 31.8 Å². The number of nitrogens with one attached hydrogen (secondary N) is 1. The van der Waals surface area contributed by atoms with E-state index in [1.807, 2.05) is 0 Å². The van der Waals surface area contributed by atoms with Gasteiger partial charge in [0.1, 0.15) is 4.60 Å². The van der Waals surface area contributed by atoms with Gasteiger partial charge < -0.3 is 0 Å². The van der Waals surface area contributed by atoms with Crippen LogP contribution in [0.25, 0.3) is 0 Å². The molecule has 78 valence electrons. The zero-order chi connectivity index (χ0) is 10.8. The molecule has 0 aromatic carbocycles. The summed E-state index contributed by atoms with van der Waals surface area (Å²) in [6.07, 6.45) is 2.20. The van der Waals surface area contributed by atoms with Gasteiger partial charge in [0.05, 0.1) is 12.4 Å². The molecular weight excluding hydrogens is 284 g/mol. The molecule has 0 aliphatic carbocycles. The smallest absolute Gasteiger partial charge is 0.261 e. The molecule has 1 heterocycles. The molecular formula is C5H4BrF2N3O2S. The first-order chi connectivity index (χ1) is 6.42. The Kier molecular flexibility index (Phi) is 3.32. The van der Waals surface area contributed by atoms with Gasteiger partial charge in [0, 0.05) is 0 Å². The van der Waals surface area contributed by atoms with E-state index in [0.29, 0.717) is 4.60 Å². The Balaban J connectivity index is 2.85. The van der Waals surface area contributed by atoms with Gasteiger partial charge in [-0.25, -0.2) is 18.4 Å². The number of anilines is 1. The maximum absolute atomic E-state index is 11.9. The van der Waals surface area contributed by atoms with Crippen LogP contribution in [-0.2, 0) is 10.0 Å². The molecule has 0 amide bonds. The second-order valence-electron chi connectivity index (χ2n) is 2.13. The van der Waals surface area contributed by atoms with Crippen LogP contribution < -0.4 is 4.72 Å². The molecule has 14 heavy (non-hydrogen) atoms. The van der Waals surface area contributed by atoms with E-state index in [0.717, 1.165) is 6.20 Å². The van der Waals surface area contributed by atoms with E-state index in [1.54, 1.807) is 4.72 Å². The topological polar surface area (TPSA) is 72.0 Å². The normalized spacial score (nSPS) is 11.7. The Morgan fingerprint density at radius 3 is 2.43 bits per heavy atom. The number of rotatable bonds is 3. The van der Waals surface area contributed by atoms with E-state index in [2.05, 4.69) is 25.9 Å². The van der Waals surface area contributed by atoms with Crippen LogP contribution in [0.1, 0.15) is 0 Å². The molecule has 0 bridgehead atoms. The molecule has 0 radical (unpaired) electrons. The van der Waals surface area contributed by atoms with Gasteiger partial charge in [-0.05, 0) is 15.9 Å². The van der Waals surface area contributed by atoms with E-state index in [-0.39, 0.29) is 5.82 Å². The van der Waals surface area contributed by atoms with E-state index in [1.165, 1.54) is 6.20 Å². The van der Waals surface area contributed by atoms with Crippen LogP contribution in [0.15, 0.2) is 17.0 Å². The van der Waals surface area contributed by atoms with Gasteiger partial charge >= 0.3 is 5.76 Å². The van der Waals surface area contributed by atoms with E-state index in [9.17, 15) is 17.2 Å². The monoisotopic (exact) mass is 287 g/mol. The lowest BCUT2D eigenvalue weighted by Gasteiger charge is -2.04. The molecule has 5 nitrogen and oxygen atoms in total. The van der Waals surface area contributed by atoms with Gasteiger partial charge in [0.15, 0.2) is 5.82 Å². The SMILES string of the molecule is O=S(=O)(Nc1cnc(Br)cn1)C(F)F. The minimum atomic E-state index is -4.67. The molecule has 1 aromatic heterocycles. The van der Waals surface area contributed by atoms with Gasteiger partial charge in [-0.3, -0.25) is 4.72 Å². The highest BCUT2D eigenvalue weighted by Gasteiger charge is 2.24. The first kappa shape index (κ1) is 11.2. The van der Waals surface area contributed by atoms with Crippen molar-refractivity contribution in [2.45, 2.75) is 5.76 Å². The van der Waals surface area contributed by atoms with Crippen LogP contribution in [-0.4, -0.2) is 24.1 Å². The fourth-order valence-electron chi connectivity index (χ4n) is 0.555. The summed E-state index contributed by atoms with van der Waals surface area (Å²) in [6.45, 7) is 0. The van der Waals surface area contributed by atoms with Crippen molar-refractivity contribution < 1.29 is 17.2 Å². The molecule has 0 unspecified atom stereocenters. The molecule has 1 rings (SSSR count). The van der Waals surface area contributed by atoms with Crippen LogP contribution in [0.3, 0.4) is 0 Å². The summed E-state index contributed by atoms with van der Waals surface area (Å²) in [7, 11) is -4.67. The minimum absolute atomic E-state index is 0.256. The third kappa shape index (κ3) is 2.84. The maximum atomic E-state index is 11.9. The highest BCUT2D eigenvalue weighted by atomic mass is 79.9. The zero-order valence-electron chi connectivity index (χ0n) is 6.49. The van der Waals surface area contributed by atoms with Crippen LogP contribution >= 0.6 is 15.9 Å². The number of hydrogen-bond donors (Lipinski definition) is 1. The van der Waals surface area contributed by atoms with Gasteiger partial charge in [-0.15, -0.1) is 0 Å². The number of aromatic nitrogens is 2. The quantitative estimate of drug-likeness (QED) is 0.907. The molecule has 0 saturated carbocycles. The van der Waals surface area contributed by atoms with Gasteiger partial charge in [0.25, 0.3) is 10.0 Å². The Hall–Kier alpha value is -0.830. The summed E-state index contributed by atoms with van der Waals surface area (Å²) < 4.78 is 47.0. The van der Waals surface area contributed by atoms with Crippen molar-refractivity contribution in [1.29, 1.82) is 0 Å². The van der Waals surface area contributed by atoms with Crippen molar-refractivity contribution in [3.05, 3.63) is 17.0 Å². The summed E-state index contributed by atoms with van der Waals surface area (Å²) in [4.78, 5) is 7.12. The average Bonchev–Trinajstić information content (AvgIpc) is 2.08. The summed E-state index contributed by atoms with van der Waals surface area (Å²) in [5.74, 6) is -3.75. The molecule has 9 heteroatoms. The highest BCUT2D eigenvalue weighted by Crippen LogP contribution is 2.11. The number of alkyl halides is 2. The molecule has 0 spiro atoms. The van der Waals surface area contributed by atoms with Crippen molar-refractivity contribution in [3.63, 3.8) is 0 Å². The van der Waals surface area contributed by atoms with Gasteiger partial charge in [-0.1, -0.05) is 0 Å². The lowest BCUT2D eigenvalue weighted by molar-refractivity contribution is 0.236. The van der Waals surface area contributed by atoms with Gasteiger partial charge in [0.2, 0.25) is 0 Å².